The van der Waals surface area contributed by atoms with Gasteiger partial charge in [-0.1, -0.05) is 23.7 Å². The molecule has 0 saturated heterocycles. The molecule has 5 heteroatoms. The monoisotopic (exact) mass is 269 g/mol. The van der Waals surface area contributed by atoms with Crippen molar-refractivity contribution in [2.75, 3.05) is 0 Å². The number of pyridine rings is 1. The van der Waals surface area contributed by atoms with Gasteiger partial charge in [-0.05, 0) is 29.3 Å². The minimum Gasteiger partial charge on any atom is -0.508 e. The molecule has 0 atom stereocenters. The van der Waals surface area contributed by atoms with E-state index in [4.69, 9.17) is 16.9 Å². The second-order valence-corrected chi connectivity index (χ2v) is 4.47. The summed E-state index contributed by atoms with van der Waals surface area (Å²) in [5, 5.41) is 19.7. The van der Waals surface area contributed by atoms with Gasteiger partial charge in [0.05, 0.1) is 5.56 Å². The van der Waals surface area contributed by atoms with Gasteiger partial charge in [0.25, 0.3) is 0 Å². The lowest BCUT2D eigenvalue weighted by Crippen LogP contribution is -1.85. The number of benzene rings is 1. The fourth-order valence-electron chi connectivity index (χ4n) is 2.09. The molecule has 92 valence electrons. The Balaban J connectivity index is 2.39. The number of fused-ring (bicyclic) bond motifs is 1. The van der Waals surface area contributed by atoms with Crippen LogP contribution in [0.1, 0.15) is 5.56 Å². The second-order valence-electron chi connectivity index (χ2n) is 4.08. The molecule has 0 aliphatic rings. The number of phenolic OH excluding ortho intramolecular Hbond substituents is 1. The molecule has 3 rings (SSSR count). The van der Waals surface area contributed by atoms with Crippen LogP contribution in [0, 0.1) is 11.3 Å². The molecule has 4 nitrogen and oxygen atoms in total. The highest BCUT2D eigenvalue weighted by Crippen LogP contribution is 2.33. The fourth-order valence-corrected chi connectivity index (χ4v) is 2.29. The Morgan fingerprint density at radius 3 is 2.89 bits per heavy atom. The van der Waals surface area contributed by atoms with Gasteiger partial charge in [-0.3, -0.25) is 0 Å². The van der Waals surface area contributed by atoms with E-state index >= 15 is 0 Å². The van der Waals surface area contributed by atoms with Crippen LogP contribution in [0.15, 0.2) is 36.5 Å². The van der Waals surface area contributed by atoms with E-state index in [0.29, 0.717) is 21.7 Å². The van der Waals surface area contributed by atoms with Gasteiger partial charge >= 0.3 is 0 Å². The Morgan fingerprint density at radius 1 is 1.32 bits per heavy atom. The average molecular weight is 270 g/mol. The van der Waals surface area contributed by atoms with Crippen LogP contribution < -0.4 is 0 Å². The Labute approximate surface area is 113 Å². The standard InChI is InChI=1S/C14H8ClN3O/c15-12-5-11(8-2-1-3-10(19)4-8)13-9(6-16)7-17-14(13)18-12/h1-5,7,19H,(H,17,18). The predicted octanol–water partition coefficient (Wildman–Crippen LogP) is 3.46. The van der Waals surface area contributed by atoms with Crippen LogP contribution in [-0.4, -0.2) is 15.1 Å². The number of halogens is 1. The number of nitrogens with zero attached hydrogens (tertiary/aromatic N) is 2. The summed E-state index contributed by atoms with van der Waals surface area (Å²) >= 11 is 5.99. The third-order valence-electron chi connectivity index (χ3n) is 2.89. The molecular formula is C14H8ClN3O. The molecule has 0 aliphatic heterocycles. The first-order valence-corrected chi connectivity index (χ1v) is 5.94. The molecule has 2 heterocycles. The van der Waals surface area contributed by atoms with Gasteiger partial charge in [0, 0.05) is 11.6 Å². The number of nitriles is 1. The van der Waals surface area contributed by atoms with Gasteiger partial charge in [-0.2, -0.15) is 5.26 Å². The number of aromatic hydroxyl groups is 1. The molecule has 1 aromatic carbocycles. The maximum Gasteiger partial charge on any atom is 0.141 e. The van der Waals surface area contributed by atoms with Crippen LogP contribution >= 0.6 is 11.6 Å². The van der Waals surface area contributed by atoms with Crippen molar-refractivity contribution in [3.05, 3.63) is 47.2 Å². The van der Waals surface area contributed by atoms with E-state index in [1.165, 1.54) is 0 Å². The number of rotatable bonds is 1. The first-order valence-electron chi connectivity index (χ1n) is 5.56. The van der Waals surface area contributed by atoms with Crippen molar-refractivity contribution >= 4 is 22.6 Å². The minimum atomic E-state index is 0.160. The smallest absolute Gasteiger partial charge is 0.141 e. The van der Waals surface area contributed by atoms with Crippen molar-refractivity contribution in [1.29, 1.82) is 5.26 Å². The molecule has 0 unspecified atom stereocenters. The van der Waals surface area contributed by atoms with Crippen molar-refractivity contribution in [3.63, 3.8) is 0 Å². The number of aromatic nitrogens is 2. The molecule has 0 fully saturated rings. The van der Waals surface area contributed by atoms with Crippen LogP contribution in [0.2, 0.25) is 5.15 Å². The maximum absolute atomic E-state index is 9.57. The Kier molecular flexibility index (Phi) is 2.62. The molecule has 2 N–H and O–H groups in total. The highest BCUT2D eigenvalue weighted by atomic mass is 35.5. The normalized spacial score (nSPS) is 10.5. The highest BCUT2D eigenvalue weighted by Gasteiger charge is 2.13. The van der Waals surface area contributed by atoms with Gasteiger partial charge in [0.2, 0.25) is 0 Å². The highest BCUT2D eigenvalue weighted by molar-refractivity contribution is 6.30. The van der Waals surface area contributed by atoms with Crippen molar-refractivity contribution in [3.8, 4) is 22.9 Å². The number of phenols is 1. The van der Waals surface area contributed by atoms with Crippen LogP contribution in [0.5, 0.6) is 5.75 Å². The average Bonchev–Trinajstić information content (AvgIpc) is 2.80. The summed E-state index contributed by atoms with van der Waals surface area (Å²) in [5.74, 6) is 0.160. The third-order valence-corrected chi connectivity index (χ3v) is 3.08. The molecule has 0 radical (unpaired) electrons. The van der Waals surface area contributed by atoms with Crippen LogP contribution in [0.4, 0.5) is 0 Å². The molecule has 0 aliphatic carbocycles. The largest absolute Gasteiger partial charge is 0.508 e. The number of hydrogen-bond acceptors (Lipinski definition) is 3. The van der Waals surface area contributed by atoms with Crippen LogP contribution in [-0.2, 0) is 0 Å². The lowest BCUT2D eigenvalue weighted by atomic mass is 10.0. The minimum absolute atomic E-state index is 0.160. The maximum atomic E-state index is 9.57. The summed E-state index contributed by atoms with van der Waals surface area (Å²) in [6.07, 6.45) is 1.60. The lowest BCUT2D eigenvalue weighted by Gasteiger charge is -2.05. The zero-order chi connectivity index (χ0) is 13.4. The van der Waals surface area contributed by atoms with Crippen molar-refractivity contribution in [1.82, 2.24) is 9.97 Å². The zero-order valence-corrected chi connectivity index (χ0v) is 10.4. The van der Waals surface area contributed by atoms with E-state index in [1.54, 1.807) is 30.5 Å². The van der Waals surface area contributed by atoms with Crippen LogP contribution in [0.25, 0.3) is 22.2 Å². The quantitative estimate of drug-likeness (QED) is 0.665. The molecule has 0 spiro atoms. The zero-order valence-electron chi connectivity index (χ0n) is 9.68. The third kappa shape index (κ3) is 1.90. The van der Waals surface area contributed by atoms with Crippen molar-refractivity contribution < 1.29 is 5.11 Å². The van der Waals surface area contributed by atoms with Crippen molar-refractivity contribution in [2.45, 2.75) is 0 Å². The number of aromatic amines is 1. The van der Waals surface area contributed by atoms with E-state index in [1.807, 2.05) is 6.07 Å². The summed E-state index contributed by atoms with van der Waals surface area (Å²) in [6.45, 7) is 0. The fraction of sp³-hybridized carbons (Fsp3) is 0. The molecule has 2 aromatic heterocycles. The molecule has 0 amide bonds. The van der Waals surface area contributed by atoms with E-state index < -0.39 is 0 Å². The number of nitrogens with one attached hydrogen (secondary N) is 1. The summed E-state index contributed by atoms with van der Waals surface area (Å²) in [4.78, 5) is 7.07. The van der Waals surface area contributed by atoms with Crippen molar-refractivity contribution in [2.24, 2.45) is 0 Å². The number of H-pyrrole nitrogens is 1. The Hall–Kier alpha value is -2.51. The lowest BCUT2D eigenvalue weighted by molar-refractivity contribution is 0.475. The molecule has 0 bridgehead atoms. The summed E-state index contributed by atoms with van der Waals surface area (Å²) < 4.78 is 0. The molecule has 0 saturated carbocycles. The SMILES string of the molecule is N#Cc1c[nH]c2nc(Cl)cc(-c3cccc(O)c3)c12. The van der Waals surface area contributed by atoms with Gasteiger partial charge < -0.3 is 10.1 Å². The first-order chi connectivity index (χ1) is 9.19. The van der Waals surface area contributed by atoms with E-state index in [0.717, 1.165) is 11.1 Å². The van der Waals surface area contributed by atoms with Crippen LogP contribution in [0.3, 0.4) is 0 Å². The van der Waals surface area contributed by atoms with Gasteiger partial charge in [0.1, 0.15) is 22.6 Å². The van der Waals surface area contributed by atoms with Gasteiger partial charge in [-0.15, -0.1) is 0 Å². The molecular weight excluding hydrogens is 262 g/mol. The number of hydrogen-bond donors (Lipinski definition) is 2. The van der Waals surface area contributed by atoms with E-state index in [2.05, 4.69) is 16.0 Å². The Bertz CT molecular complexity index is 817. The Morgan fingerprint density at radius 2 is 2.16 bits per heavy atom. The molecule has 19 heavy (non-hydrogen) atoms. The molecule has 3 aromatic rings. The first kappa shape index (κ1) is 11.6. The summed E-state index contributed by atoms with van der Waals surface area (Å²) in [5.41, 5.74) is 2.61. The predicted molar refractivity (Wildman–Crippen MR) is 72.9 cm³/mol. The van der Waals surface area contributed by atoms with Gasteiger partial charge in [0.15, 0.2) is 0 Å². The van der Waals surface area contributed by atoms with Gasteiger partial charge in [-0.25, -0.2) is 4.98 Å². The second kappa shape index (κ2) is 4.30. The summed E-state index contributed by atoms with van der Waals surface area (Å²) in [6, 6.07) is 10.6. The summed E-state index contributed by atoms with van der Waals surface area (Å²) in [7, 11) is 0. The van der Waals surface area contributed by atoms with E-state index in [-0.39, 0.29) is 5.75 Å². The topological polar surface area (TPSA) is 72.7 Å². The van der Waals surface area contributed by atoms with E-state index in [9.17, 15) is 5.11 Å².